The molecule has 3 N–H and O–H groups in total. The Bertz CT molecular complexity index is 1030. The maximum Gasteiger partial charge on any atom is 0.287 e. The molecule has 2 unspecified atom stereocenters. The highest BCUT2D eigenvalue weighted by molar-refractivity contribution is 5.91. The second-order valence-electron chi connectivity index (χ2n) is 6.56. The maximum absolute atomic E-state index is 12.9. The molecule has 31 heavy (non-hydrogen) atoms. The van der Waals surface area contributed by atoms with Gasteiger partial charge in [-0.1, -0.05) is 0 Å². The summed E-state index contributed by atoms with van der Waals surface area (Å²) in [5, 5.41) is 33.2. The fourth-order valence-corrected chi connectivity index (χ4v) is 2.75. The molecule has 0 aliphatic rings. The number of aliphatic hydroxyl groups excluding tert-OH is 2. The van der Waals surface area contributed by atoms with Crippen LogP contribution in [0.5, 0.6) is 5.75 Å². The highest BCUT2D eigenvalue weighted by Crippen LogP contribution is 2.21. The molecule has 0 spiro atoms. The molecular weight excluding hydrogens is 411 g/mol. The summed E-state index contributed by atoms with van der Waals surface area (Å²) in [4.78, 5) is 22.6. The number of hydrogen-bond acceptors (Lipinski definition) is 7. The van der Waals surface area contributed by atoms with Crippen LogP contribution in [0.2, 0.25) is 0 Å². The predicted molar refractivity (Wildman–Crippen MR) is 106 cm³/mol. The van der Waals surface area contributed by atoms with Crippen molar-refractivity contribution in [1.82, 2.24) is 5.32 Å². The van der Waals surface area contributed by atoms with Crippen molar-refractivity contribution in [2.45, 2.75) is 18.8 Å². The molecular formula is C21H19FN2O7. The number of nitrogens with zero attached hydrogens (tertiary/aromatic N) is 1. The van der Waals surface area contributed by atoms with Crippen LogP contribution in [0.25, 0.3) is 0 Å². The SMILES string of the molecule is O=C(NC(CO)C(O)c1ccc([N+](=O)[O-])cc1)c1ccc(COc2ccc(F)cc2)o1. The minimum absolute atomic E-state index is 0.00770. The van der Waals surface area contributed by atoms with Crippen LogP contribution >= 0.6 is 0 Å². The number of nitro benzene ring substituents is 1. The van der Waals surface area contributed by atoms with E-state index in [1.807, 2.05) is 0 Å². The highest BCUT2D eigenvalue weighted by atomic mass is 19.1. The Balaban J connectivity index is 1.60. The van der Waals surface area contributed by atoms with Crippen molar-refractivity contribution in [3.05, 3.63) is 93.7 Å². The number of carbonyl (C=O) groups is 1. The summed E-state index contributed by atoms with van der Waals surface area (Å²) in [5.41, 5.74) is 0.143. The summed E-state index contributed by atoms with van der Waals surface area (Å²) in [7, 11) is 0. The van der Waals surface area contributed by atoms with Gasteiger partial charge in [-0.05, 0) is 54.1 Å². The van der Waals surface area contributed by atoms with Gasteiger partial charge in [0.2, 0.25) is 0 Å². The van der Waals surface area contributed by atoms with Crippen LogP contribution in [0.4, 0.5) is 10.1 Å². The number of benzene rings is 2. The molecule has 0 fully saturated rings. The molecule has 0 aliphatic heterocycles. The van der Waals surface area contributed by atoms with Gasteiger partial charge in [0, 0.05) is 12.1 Å². The van der Waals surface area contributed by atoms with E-state index in [0.29, 0.717) is 11.5 Å². The van der Waals surface area contributed by atoms with Gasteiger partial charge in [0.1, 0.15) is 30.0 Å². The van der Waals surface area contributed by atoms with Crippen molar-refractivity contribution < 1.29 is 33.5 Å². The van der Waals surface area contributed by atoms with Crippen LogP contribution in [0.15, 0.2) is 65.1 Å². The number of furan rings is 1. The van der Waals surface area contributed by atoms with E-state index in [1.165, 1.54) is 60.7 Å². The first-order valence-corrected chi connectivity index (χ1v) is 9.18. The Hall–Kier alpha value is -3.76. The predicted octanol–water partition coefficient (Wildman–Crippen LogP) is 2.73. The molecule has 3 aromatic rings. The molecule has 162 valence electrons. The van der Waals surface area contributed by atoms with E-state index in [-0.39, 0.29) is 23.6 Å². The molecule has 1 heterocycles. The molecule has 0 saturated carbocycles. The van der Waals surface area contributed by atoms with Crippen molar-refractivity contribution in [3.8, 4) is 5.75 Å². The normalized spacial score (nSPS) is 12.7. The van der Waals surface area contributed by atoms with Gasteiger partial charge < -0.3 is 24.7 Å². The van der Waals surface area contributed by atoms with Gasteiger partial charge in [0.25, 0.3) is 11.6 Å². The number of carbonyl (C=O) groups excluding carboxylic acids is 1. The monoisotopic (exact) mass is 430 g/mol. The number of nitrogens with one attached hydrogen (secondary N) is 1. The van der Waals surface area contributed by atoms with Crippen molar-refractivity contribution in [2.75, 3.05) is 6.61 Å². The van der Waals surface area contributed by atoms with E-state index < -0.39 is 35.4 Å². The largest absolute Gasteiger partial charge is 0.486 e. The number of hydrogen-bond donors (Lipinski definition) is 3. The number of nitro groups is 1. The van der Waals surface area contributed by atoms with E-state index in [9.17, 15) is 29.5 Å². The zero-order chi connectivity index (χ0) is 22.4. The van der Waals surface area contributed by atoms with Crippen molar-refractivity contribution in [3.63, 3.8) is 0 Å². The fraction of sp³-hybridized carbons (Fsp3) is 0.190. The first kappa shape index (κ1) is 21.9. The Morgan fingerprint density at radius 2 is 1.81 bits per heavy atom. The second kappa shape index (κ2) is 9.83. The fourth-order valence-electron chi connectivity index (χ4n) is 2.75. The third-order valence-electron chi connectivity index (χ3n) is 4.42. The van der Waals surface area contributed by atoms with Gasteiger partial charge in [-0.15, -0.1) is 0 Å². The Morgan fingerprint density at radius 3 is 2.42 bits per heavy atom. The molecule has 1 aromatic heterocycles. The lowest BCUT2D eigenvalue weighted by atomic mass is 10.0. The lowest BCUT2D eigenvalue weighted by molar-refractivity contribution is -0.384. The van der Waals surface area contributed by atoms with E-state index in [4.69, 9.17) is 9.15 Å². The van der Waals surface area contributed by atoms with Gasteiger partial charge >= 0.3 is 0 Å². The molecule has 0 saturated heterocycles. The molecule has 2 atom stereocenters. The highest BCUT2D eigenvalue weighted by Gasteiger charge is 2.24. The van der Waals surface area contributed by atoms with Crippen LogP contribution in [-0.4, -0.2) is 33.7 Å². The van der Waals surface area contributed by atoms with Crippen molar-refractivity contribution in [2.24, 2.45) is 0 Å². The second-order valence-corrected chi connectivity index (χ2v) is 6.56. The average Bonchev–Trinajstić information content (AvgIpc) is 3.26. The van der Waals surface area contributed by atoms with Gasteiger partial charge in [-0.2, -0.15) is 0 Å². The Kier molecular flexibility index (Phi) is 6.96. The maximum atomic E-state index is 12.9. The first-order valence-electron chi connectivity index (χ1n) is 9.18. The summed E-state index contributed by atoms with van der Waals surface area (Å²) in [5.74, 6) is -0.361. The first-order chi connectivity index (χ1) is 14.9. The lowest BCUT2D eigenvalue weighted by Gasteiger charge is -2.22. The number of non-ortho nitro benzene ring substituents is 1. The van der Waals surface area contributed by atoms with E-state index in [1.54, 1.807) is 0 Å². The van der Waals surface area contributed by atoms with Crippen LogP contribution in [0.1, 0.15) is 28.0 Å². The smallest absolute Gasteiger partial charge is 0.287 e. The zero-order valence-corrected chi connectivity index (χ0v) is 16.1. The summed E-state index contributed by atoms with van der Waals surface area (Å²) in [6.45, 7) is -0.571. The minimum Gasteiger partial charge on any atom is -0.486 e. The van der Waals surface area contributed by atoms with E-state index >= 15 is 0 Å². The van der Waals surface area contributed by atoms with Crippen LogP contribution in [0.3, 0.4) is 0 Å². The Morgan fingerprint density at radius 1 is 1.13 bits per heavy atom. The van der Waals surface area contributed by atoms with Crippen molar-refractivity contribution >= 4 is 11.6 Å². The van der Waals surface area contributed by atoms with Gasteiger partial charge in [-0.25, -0.2) is 4.39 Å². The molecule has 3 rings (SSSR count). The van der Waals surface area contributed by atoms with Gasteiger partial charge in [0.05, 0.1) is 17.6 Å². The number of rotatable bonds is 9. The quantitative estimate of drug-likeness (QED) is 0.351. The molecule has 10 heteroatoms. The topological polar surface area (TPSA) is 135 Å². The summed E-state index contributed by atoms with van der Waals surface area (Å²) in [6, 6.07) is 12.4. The average molecular weight is 430 g/mol. The third kappa shape index (κ3) is 5.65. The van der Waals surface area contributed by atoms with Crippen LogP contribution in [-0.2, 0) is 6.61 Å². The summed E-state index contributed by atoms with van der Waals surface area (Å²) in [6.07, 6.45) is -1.30. The van der Waals surface area contributed by atoms with Gasteiger partial charge in [0.15, 0.2) is 5.76 Å². The van der Waals surface area contributed by atoms with E-state index in [2.05, 4.69) is 5.32 Å². The minimum atomic E-state index is -1.30. The molecule has 1 amide bonds. The molecule has 0 radical (unpaired) electrons. The van der Waals surface area contributed by atoms with Crippen molar-refractivity contribution in [1.29, 1.82) is 0 Å². The lowest BCUT2D eigenvalue weighted by Crippen LogP contribution is -2.41. The van der Waals surface area contributed by atoms with Crippen LogP contribution in [0, 0.1) is 15.9 Å². The molecule has 2 aromatic carbocycles. The third-order valence-corrected chi connectivity index (χ3v) is 4.42. The van der Waals surface area contributed by atoms with Gasteiger partial charge in [-0.3, -0.25) is 14.9 Å². The van der Waals surface area contributed by atoms with Crippen LogP contribution < -0.4 is 10.1 Å². The number of ether oxygens (including phenoxy) is 1. The number of halogens is 1. The molecule has 0 aliphatic carbocycles. The van der Waals surface area contributed by atoms with E-state index in [0.717, 1.165) is 0 Å². The Labute approximate surface area is 175 Å². The summed E-state index contributed by atoms with van der Waals surface area (Å²) >= 11 is 0. The number of amides is 1. The number of aliphatic hydroxyl groups is 2. The summed E-state index contributed by atoms with van der Waals surface area (Å²) < 4.78 is 23.8. The zero-order valence-electron chi connectivity index (χ0n) is 16.1. The standard InChI is InChI=1S/C21H19FN2O7/c22-14-3-7-16(8-4-14)30-12-17-9-10-19(31-17)21(27)23-18(11-25)20(26)13-1-5-15(6-2-13)24(28)29/h1-10,18,20,25-26H,11-12H2,(H,23,27). The molecule has 9 nitrogen and oxygen atoms in total. The molecule has 0 bridgehead atoms.